The lowest BCUT2D eigenvalue weighted by Crippen LogP contribution is -2.35. The molecule has 1 saturated heterocycles. The molecule has 0 bridgehead atoms. The van der Waals surface area contributed by atoms with Crippen molar-refractivity contribution in [3.63, 3.8) is 0 Å². The lowest BCUT2D eigenvalue weighted by molar-refractivity contribution is -0.136. The Labute approximate surface area is 114 Å². The second-order valence-electron chi connectivity index (χ2n) is 6.39. The van der Waals surface area contributed by atoms with Crippen molar-refractivity contribution in [3.8, 4) is 0 Å². The molecule has 100 valence electrons. The SMILES string of the molecule is O=C(C1CC2CC2C1)N1CCCC1c1ccncc1. The molecule has 2 heterocycles. The standard InChI is InChI=1S/C16H20N2O/c19-16(14-9-12-8-13(12)10-14)18-7-1-2-15(18)11-3-5-17-6-4-11/h3-6,12-15H,1-2,7-10H2. The summed E-state index contributed by atoms with van der Waals surface area (Å²) < 4.78 is 0. The maximum absolute atomic E-state index is 12.7. The normalized spacial score (nSPS) is 36.3. The zero-order valence-corrected chi connectivity index (χ0v) is 11.2. The number of pyridine rings is 1. The molecule has 3 unspecified atom stereocenters. The topological polar surface area (TPSA) is 33.2 Å². The molecule has 0 N–H and O–H groups in total. The first-order valence-corrected chi connectivity index (χ1v) is 7.53. The number of likely N-dealkylation sites (tertiary alicyclic amines) is 1. The number of hydrogen-bond donors (Lipinski definition) is 0. The summed E-state index contributed by atoms with van der Waals surface area (Å²) in [7, 11) is 0. The van der Waals surface area contributed by atoms with E-state index in [1.54, 1.807) is 0 Å². The summed E-state index contributed by atoms with van der Waals surface area (Å²) >= 11 is 0. The van der Waals surface area contributed by atoms with Gasteiger partial charge in [-0.2, -0.15) is 0 Å². The lowest BCUT2D eigenvalue weighted by Gasteiger charge is -2.28. The van der Waals surface area contributed by atoms with Gasteiger partial charge in [-0.15, -0.1) is 0 Å². The van der Waals surface area contributed by atoms with E-state index in [2.05, 4.69) is 22.0 Å². The maximum atomic E-state index is 12.7. The van der Waals surface area contributed by atoms with Crippen LogP contribution < -0.4 is 0 Å². The summed E-state index contributed by atoms with van der Waals surface area (Å²) in [5.41, 5.74) is 1.25. The molecular formula is C16H20N2O. The van der Waals surface area contributed by atoms with E-state index in [1.807, 2.05) is 12.4 Å². The fraction of sp³-hybridized carbons (Fsp3) is 0.625. The van der Waals surface area contributed by atoms with Crippen LogP contribution in [-0.2, 0) is 4.79 Å². The molecular weight excluding hydrogens is 236 g/mol. The summed E-state index contributed by atoms with van der Waals surface area (Å²) in [5.74, 6) is 2.52. The summed E-state index contributed by atoms with van der Waals surface area (Å²) in [6.07, 6.45) is 9.61. The van der Waals surface area contributed by atoms with E-state index in [9.17, 15) is 4.79 Å². The van der Waals surface area contributed by atoms with E-state index in [0.717, 1.165) is 44.1 Å². The summed E-state index contributed by atoms with van der Waals surface area (Å²) in [5, 5.41) is 0. The van der Waals surface area contributed by atoms with Gasteiger partial charge in [0.05, 0.1) is 6.04 Å². The van der Waals surface area contributed by atoms with Gasteiger partial charge in [-0.3, -0.25) is 9.78 Å². The first-order chi connectivity index (χ1) is 9.33. The highest BCUT2D eigenvalue weighted by molar-refractivity contribution is 5.80. The van der Waals surface area contributed by atoms with E-state index in [4.69, 9.17) is 0 Å². The molecule has 3 atom stereocenters. The van der Waals surface area contributed by atoms with Gasteiger partial charge in [-0.05, 0) is 61.6 Å². The minimum Gasteiger partial charge on any atom is -0.335 e. The van der Waals surface area contributed by atoms with Crippen molar-refractivity contribution in [3.05, 3.63) is 30.1 Å². The summed E-state index contributed by atoms with van der Waals surface area (Å²) in [6, 6.07) is 4.41. The van der Waals surface area contributed by atoms with Crippen LogP contribution >= 0.6 is 0 Å². The van der Waals surface area contributed by atoms with Gasteiger partial charge in [-0.25, -0.2) is 0 Å². The van der Waals surface area contributed by atoms with Crippen molar-refractivity contribution in [1.29, 1.82) is 0 Å². The third-order valence-electron chi connectivity index (χ3n) is 5.22. The number of carbonyl (C=O) groups excluding carboxylic acids is 1. The van der Waals surface area contributed by atoms with Crippen LogP contribution in [0.2, 0.25) is 0 Å². The van der Waals surface area contributed by atoms with Crippen LogP contribution in [0.4, 0.5) is 0 Å². The Morgan fingerprint density at radius 1 is 1.16 bits per heavy atom. The third kappa shape index (κ3) is 1.96. The van der Waals surface area contributed by atoms with Crippen molar-refractivity contribution in [2.45, 2.75) is 38.1 Å². The molecule has 0 aromatic carbocycles. The van der Waals surface area contributed by atoms with E-state index in [1.165, 1.54) is 12.0 Å². The molecule has 1 aromatic rings. The fourth-order valence-electron chi connectivity index (χ4n) is 4.11. The Morgan fingerprint density at radius 3 is 2.63 bits per heavy atom. The van der Waals surface area contributed by atoms with Gasteiger partial charge in [0.1, 0.15) is 0 Å². The summed E-state index contributed by atoms with van der Waals surface area (Å²) in [6.45, 7) is 0.942. The molecule has 2 saturated carbocycles. The predicted octanol–water partition coefficient (Wildman–Crippen LogP) is 2.79. The van der Waals surface area contributed by atoms with Crippen molar-refractivity contribution in [2.75, 3.05) is 6.54 Å². The van der Waals surface area contributed by atoms with Crippen molar-refractivity contribution < 1.29 is 4.79 Å². The van der Waals surface area contributed by atoms with Crippen LogP contribution in [0.1, 0.15) is 43.7 Å². The Morgan fingerprint density at radius 2 is 1.89 bits per heavy atom. The average Bonchev–Trinajstić information content (AvgIpc) is 2.91. The fourth-order valence-corrected chi connectivity index (χ4v) is 4.11. The molecule has 1 amide bonds. The van der Waals surface area contributed by atoms with Crippen LogP contribution in [0.3, 0.4) is 0 Å². The molecule has 3 heteroatoms. The number of amides is 1. The number of hydrogen-bond acceptors (Lipinski definition) is 2. The molecule has 1 aliphatic heterocycles. The molecule has 3 nitrogen and oxygen atoms in total. The lowest BCUT2D eigenvalue weighted by atomic mass is 10.00. The Bertz CT molecular complexity index is 477. The molecule has 2 aliphatic carbocycles. The second-order valence-corrected chi connectivity index (χ2v) is 6.39. The van der Waals surface area contributed by atoms with E-state index in [-0.39, 0.29) is 0 Å². The van der Waals surface area contributed by atoms with Gasteiger partial charge in [-0.1, -0.05) is 0 Å². The van der Waals surface area contributed by atoms with Crippen molar-refractivity contribution in [2.24, 2.45) is 17.8 Å². The van der Waals surface area contributed by atoms with Crippen LogP contribution in [0, 0.1) is 17.8 Å². The zero-order valence-electron chi connectivity index (χ0n) is 11.2. The third-order valence-corrected chi connectivity index (χ3v) is 5.22. The molecule has 0 radical (unpaired) electrons. The van der Waals surface area contributed by atoms with Crippen molar-refractivity contribution >= 4 is 5.91 Å². The van der Waals surface area contributed by atoms with Crippen LogP contribution in [0.25, 0.3) is 0 Å². The predicted molar refractivity (Wildman–Crippen MR) is 72.2 cm³/mol. The molecule has 1 aromatic heterocycles. The molecule has 3 aliphatic rings. The highest BCUT2D eigenvalue weighted by Gasteiger charge is 2.49. The monoisotopic (exact) mass is 256 g/mol. The van der Waals surface area contributed by atoms with Gasteiger partial charge in [0.2, 0.25) is 5.91 Å². The Balaban J connectivity index is 1.51. The van der Waals surface area contributed by atoms with E-state index >= 15 is 0 Å². The second kappa shape index (κ2) is 4.32. The smallest absolute Gasteiger partial charge is 0.226 e. The first-order valence-electron chi connectivity index (χ1n) is 7.53. The molecule has 3 fully saturated rings. The highest BCUT2D eigenvalue weighted by Crippen LogP contribution is 2.55. The Hall–Kier alpha value is -1.38. The van der Waals surface area contributed by atoms with E-state index < -0.39 is 0 Å². The number of carbonyl (C=O) groups is 1. The van der Waals surface area contributed by atoms with Gasteiger partial charge in [0.25, 0.3) is 0 Å². The van der Waals surface area contributed by atoms with Gasteiger partial charge in [0, 0.05) is 24.9 Å². The Kier molecular flexibility index (Phi) is 2.61. The minimum absolute atomic E-state index is 0.299. The largest absolute Gasteiger partial charge is 0.335 e. The van der Waals surface area contributed by atoms with Gasteiger partial charge in [0.15, 0.2) is 0 Å². The van der Waals surface area contributed by atoms with E-state index in [0.29, 0.717) is 17.9 Å². The molecule has 0 spiro atoms. The van der Waals surface area contributed by atoms with Crippen LogP contribution in [0.15, 0.2) is 24.5 Å². The average molecular weight is 256 g/mol. The summed E-state index contributed by atoms with van der Waals surface area (Å²) in [4.78, 5) is 18.9. The van der Waals surface area contributed by atoms with Gasteiger partial charge < -0.3 is 4.90 Å². The quantitative estimate of drug-likeness (QED) is 0.815. The maximum Gasteiger partial charge on any atom is 0.226 e. The highest BCUT2D eigenvalue weighted by atomic mass is 16.2. The van der Waals surface area contributed by atoms with Crippen LogP contribution in [-0.4, -0.2) is 22.3 Å². The number of nitrogens with zero attached hydrogens (tertiary/aromatic N) is 2. The number of fused-ring (bicyclic) bond motifs is 1. The van der Waals surface area contributed by atoms with Gasteiger partial charge >= 0.3 is 0 Å². The number of rotatable bonds is 2. The number of aromatic nitrogens is 1. The molecule has 4 rings (SSSR count). The van der Waals surface area contributed by atoms with Crippen molar-refractivity contribution in [1.82, 2.24) is 9.88 Å². The first kappa shape index (κ1) is 11.4. The zero-order chi connectivity index (χ0) is 12.8. The molecule has 19 heavy (non-hydrogen) atoms. The minimum atomic E-state index is 0.299. The van der Waals surface area contributed by atoms with Crippen LogP contribution in [0.5, 0.6) is 0 Å².